The molecule has 0 aliphatic heterocycles. The summed E-state index contributed by atoms with van der Waals surface area (Å²) in [7, 11) is 0. The zero-order valence-corrected chi connectivity index (χ0v) is 8.88. The smallest absolute Gasteiger partial charge is 0.198 e. The van der Waals surface area contributed by atoms with E-state index in [2.05, 4.69) is 0 Å². The van der Waals surface area contributed by atoms with E-state index in [1.165, 1.54) is 18.2 Å². The Kier molecular flexibility index (Phi) is 3.94. The SMILES string of the molecule is CCCC(C#N)c1ccccc1C(F)(F)F. The molecule has 16 heavy (non-hydrogen) atoms. The van der Waals surface area contributed by atoms with Gasteiger partial charge in [-0.15, -0.1) is 0 Å². The molecule has 1 unspecified atom stereocenters. The molecule has 0 bridgehead atoms. The molecule has 86 valence electrons. The molecule has 0 saturated heterocycles. The summed E-state index contributed by atoms with van der Waals surface area (Å²) in [6.07, 6.45) is -3.26. The van der Waals surface area contributed by atoms with Crippen LogP contribution in [0.4, 0.5) is 13.2 Å². The highest BCUT2D eigenvalue weighted by molar-refractivity contribution is 5.35. The standard InChI is InChI=1S/C12H12F3N/c1-2-5-9(8-16)10-6-3-4-7-11(10)12(13,14)15/h3-4,6-7,9H,2,5H2,1H3. The quantitative estimate of drug-likeness (QED) is 0.762. The highest BCUT2D eigenvalue weighted by Crippen LogP contribution is 2.36. The average Bonchev–Trinajstić information content (AvgIpc) is 2.25. The number of nitrogens with zero attached hydrogens (tertiary/aromatic N) is 1. The first-order valence-electron chi connectivity index (χ1n) is 5.06. The monoisotopic (exact) mass is 227 g/mol. The fraction of sp³-hybridized carbons (Fsp3) is 0.417. The van der Waals surface area contributed by atoms with E-state index in [1.807, 2.05) is 13.0 Å². The molecule has 1 rings (SSSR count). The first kappa shape index (κ1) is 12.6. The molecule has 1 aromatic rings. The molecule has 1 aromatic carbocycles. The maximum atomic E-state index is 12.7. The van der Waals surface area contributed by atoms with Crippen LogP contribution in [-0.2, 0) is 6.18 Å². The Morgan fingerprint density at radius 2 is 1.94 bits per heavy atom. The van der Waals surface area contributed by atoms with Crippen LogP contribution < -0.4 is 0 Å². The van der Waals surface area contributed by atoms with Crippen LogP contribution in [0.2, 0.25) is 0 Å². The molecule has 1 nitrogen and oxygen atoms in total. The van der Waals surface area contributed by atoms with Crippen LogP contribution in [0.25, 0.3) is 0 Å². The minimum Gasteiger partial charge on any atom is -0.198 e. The van der Waals surface area contributed by atoms with E-state index in [-0.39, 0.29) is 5.56 Å². The molecule has 0 fully saturated rings. The molecule has 0 aliphatic carbocycles. The average molecular weight is 227 g/mol. The summed E-state index contributed by atoms with van der Waals surface area (Å²) in [5, 5.41) is 8.88. The lowest BCUT2D eigenvalue weighted by atomic mass is 9.91. The first-order chi connectivity index (χ1) is 7.50. The Bertz CT molecular complexity index is 390. The van der Waals surface area contributed by atoms with Gasteiger partial charge in [0, 0.05) is 0 Å². The number of hydrogen-bond acceptors (Lipinski definition) is 1. The van der Waals surface area contributed by atoms with Crippen molar-refractivity contribution in [3.8, 4) is 6.07 Å². The van der Waals surface area contributed by atoms with Crippen LogP contribution in [0, 0.1) is 11.3 Å². The molecule has 0 saturated carbocycles. The third-order valence-electron chi connectivity index (χ3n) is 2.37. The lowest BCUT2D eigenvalue weighted by Crippen LogP contribution is -2.11. The highest BCUT2D eigenvalue weighted by Gasteiger charge is 2.34. The molecule has 4 heteroatoms. The van der Waals surface area contributed by atoms with E-state index in [1.54, 1.807) is 0 Å². The Balaban J connectivity index is 3.18. The molecular formula is C12H12F3N. The third kappa shape index (κ3) is 2.75. The van der Waals surface area contributed by atoms with E-state index in [0.29, 0.717) is 12.8 Å². The molecule has 0 aliphatic rings. The largest absolute Gasteiger partial charge is 0.416 e. The maximum Gasteiger partial charge on any atom is 0.416 e. The Labute approximate surface area is 92.5 Å². The highest BCUT2D eigenvalue weighted by atomic mass is 19.4. The van der Waals surface area contributed by atoms with Gasteiger partial charge in [-0.3, -0.25) is 0 Å². The predicted molar refractivity (Wildman–Crippen MR) is 54.7 cm³/mol. The summed E-state index contributed by atoms with van der Waals surface area (Å²) in [5.74, 6) is -0.678. The normalized spacial score (nSPS) is 13.2. The van der Waals surface area contributed by atoms with Gasteiger partial charge in [-0.1, -0.05) is 31.5 Å². The summed E-state index contributed by atoms with van der Waals surface area (Å²) < 4.78 is 38.0. The second-order valence-electron chi connectivity index (χ2n) is 3.56. The molecule has 0 aromatic heterocycles. The van der Waals surface area contributed by atoms with Crippen molar-refractivity contribution >= 4 is 0 Å². The molecule has 0 N–H and O–H groups in total. The van der Waals surface area contributed by atoms with Gasteiger partial charge in [0.05, 0.1) is 17.6 Å². The van der Waals surface area contributed by atoms with Crippen LogP contribution in [-0.4, -0.2) is 0 Å². The van der Waals surface area contributed by atoms with Crippen LogP contribution in [0.15, 0.2) is 24.3 Å². The summed E-state index contributed by atoms with van der Waals surface area (Å²) in [4.78, 5) is 0. The molecule has 0 spiro atoms. The zero-order chi connectivity index (χ0) is 12.2. The van der Waals surface area contributed by atoms with Crippen LogP contribution in [0.5, 0.6) is 0 Å². The Morgan fingerprint density at radius 1 is 1.31 bits per heavy atom. The van der Waals surface area contributed by atoms with Crippen molar-refractivity contribution in [1.29, 1.82) is 5.26 Å². The Hall–Kier alpha value is -1.50. The van der Waals surface area contributed by atoms with Gasteiger partial charge in [0.15, 0.2) is 0 Å². The molecule has 1 atom stereocenters. The van der Waals surface area contributed by atoms with Crippen molar-refractivity contribution in [2.75, 3.05) is 0 Å². The topological polar surface area (TPSA) is 23.8 Å². The maximum absolute atomic E-state index is 12.7. The number of hydrogen-bond donors (Lipinski definition) is 0. The zero-order valence-electron chi connectivity index (χ0n) is 8.88. The van der Waals surface area contributed by atoms with Gasteiger partial charge in [0.25, 0.3) is 0 Å². The summed E-state index contributed by atoms with van der Waals surface area (Å²) in [5.41, 5.74) is -0.616. The van der Waals surface area contributed by atoms with E-state index < -0.39 is 17.7 Å². The number of nitriles is 1. The van der Waals surface area contributed by atoms with Crippen molar-refractivity contribution < 1.29 is 13.2 Å². The van der Waals surface area contributed by atoms with Crippen molar-refractivity contribution in [2.24, 2.45) is 0 Å². The van der Waals surface area contributed by atoms with Crippen molar-refractivity contribution in [1.82, 2.24) is 0 Å². The van der Waals surface area contributed by atoms with Gasteiger partial charge >= 0.3 is 6.18 Å². The summed E-state index contributed by atoms with van der Waals surface area (Å²) in [6.45, 7) is 1.85. The summed E-state index contributed by atoms with van der Waals surface area (Å²) in [6, 6.07) is 7.21. The second-order valence-corrected chi connectivity index (χ2v) is 3.56. The van der Waals surface area contributed by atoms with Crippen LogP contribution in [0.3, 0.4) is 0 Å². The van der Waals surface area contributed by atoms with Crippen LogP contribution >= 0.6 is 0 Å². The molecule has 0 amide bonds. The minimum absolute atomic E-state index is 0.0827. The van der Waals surface area contributed by atoms with Crippen molar-refractivity contribution in [2.45, 2.75) is 31.9 Å². The van der Waals surface area contributed by atoms with E-state index >= 15 is 0 Å². The number of rotatable bonds is 3. The molecule has 0 heterocycles. The van der Waals surface area contributed by atoms with Crippen molar-refractivity contribution in [3.63, 3.8) is 0 Å². The van der Waals surface area contributed by atoms with Gasteiger partial charge in [0.1, 0.15) is 0 Å². The fourth-order valence-corrected chi connectivity index (χ4v) is 1.64. The van der Waals surface area contributed by atoms with Crippen molar-refractivity contribution in [3.05, 3.63) is 35.4 Å². The van der Waals surface area contributed by atoms with E-state index in [0.717, 1.165) is 6.07 Å². The van der Waals surface area contributed by atoms with Gasteiger partial charge < -0.3 is 0 Å². The summed E-state index contributed by atoms with van der Waals surface area (Å²) >= 11 is 0. The fourth-order valence-electron chi connectivity index (χ4n) is 1.64. The Morgan fingerprint density at radius 3 is 2.44 bits per heavy atom. The van der Waals surface area contributed by atoms with Gasteiger partial charge in [-0.25, -0.2) is 0 Å². The lowest BCUT2D eigenvalue weighted by molar-refractivity contribution is -0.138. The first-order valence-corrected chi connectivity index (χ1v) is 5.06. The van der Waals surface area contributed by atoms with Gasteiger partial charge in [-0.05, 0) is 18.1 Å². The van der Waals surface area contributed by atoms with E-state index in [4.69, 9.17) is 5.26 Å². The molecule has 0 radical (unpaired) electrons. The number of alkyl halides is 3. The van der Waals surface area contributed by atoms with E-state index in [9.17, 15) is 13.2 Å². The van der Waals surface area contributed by atoms with Crippen LogP contribution in [0.1, 0.15) is 36.8 Å². The van der Waals surface area contributed by atoms with Gasteiger partial charge in [-0.2, -0.15) is 18.4 Å². The minimum atomic E-state index is -4.39. The number of halogens is 3. The third-order valence-corrected chi connectivity index (χ3v) is 2.37. The number of benzene rings is 1. The lowest BCUT2D eigenvalue weighted by Gasteiger charge is -2.15. The predicted octanol–water partition coefficient (Wildman–Crippen LogP) is 4.11. The second kappa shape index (κ2) is 5.02. The van der Waals surface area contributed by atoms with Gasteiger partial charge in [0.2, 0.25) is 0 Å². The molecular weight excluding hydrogens is 215 g/mol.